The van der Waals surface area contributed by atoms with E-state index in [9.17, 15) is 19.3 Å². The van der Waals surface area contributed by atoms with Gasteiger partial charge >= 0.3 is 0 Å². The second kappa shape index (κ2) is 11.2. The molecule has 0 aliphatic rings. The van der Waals surface area contributed by atoms with Crippen molar-refractivity contribution in [3.05, 3.63) is 97.8 Å². The summed E-state index contributed by atoms with van der Waals surface area (Å²) >= 11 is 3.43. The van der Waals surface area contributed by atoms with Crippen molar-refractivity contribution >= 4 is 33.7 Å². The number of carbonyl (C=O) groups excluding carboxylic acids is 1. The minimum Gasteiger partial charge on any atom is -0.490 e. The SMILES string of the molecule is CCOc1cc(/C=N\NC(=O)c2cccc([N+](=O)[O-])c2)cc(Br)c1OCc1ccccc1F. The molecule has 0 heterocycles. The summed E-state index contributed by atoms with van der Waals surface area (Å²) in [5.74, 6) is -0.147. The van der Waals surface area contributed by atoms with Gasteiger partial charge in [-0.3, -0.25) is 14.9 Å². The number of rotatable bonds is 9. The summed E-state index contributed by atoms with van der Waals surface area (Å²) in [6, 6.07) is 15.0. The monoisotopic (exact) mass is 515 g/mol. The number of nitro groups is 1. The maximum Gasteiger partial charge on any atom is 0.271 e. The molecule has 8 nitrogen and oxygen atoms in total. The molecule has 1 N–H and O–H groups in total. The van der Waals surface area contributed by atoms with Crippen LogP contribution in [-0.4, -0.2) is 23.7 Å². The highest BCUT2D eigenvalue weighted by molar-refractivity contribution is 9.10. The number of non-ortho nitro benzene ring substituents is 1. The average Bonchev–Trinajstić information content (AvgIpc) is 2.80. The van der Waals surface area contributed by atoms with Crippen molar-refractivity contribution in [2.75, 3.05) is 6.61 Å². The number of carbonyl (C=O) groups is 1. The molecule has 3 aromatic carbocycles. The van der Waals surface area contributed by atoms with Crippen molar-refractivity contribution < 1.29 is 23.6 Å². The molecule has 0 saturated carbocycles. The zero-order chi connectivity index (χ0) is 23.8. The van der Waals surface area contributed by atoms with E-state index in [-0.39, 0.29) is 23.7 Å². The molecular formula is C23H19BrFN3O5. The lowest BCUT2D eigenvalue weighted by atomic mass is 10.2. The van der Waals surface area contributed by atoms with E-state index in [4.69, 9.17) is 9.47 Å². The fourth-order valence-electron chi connectivity index (χ4n) is 2.82. The Bertz CT molecular complexity index is 1200. The molecule has 0 aliphatic carbocycles. The van der Waals surface area contributed by atoms with Gasteiger partial charge in [0.2, 0.25) is 0 Å². The van der Waals surface area contributed by atoms with Crippen LogP contribution in [0.3, 0.4) is 0 Å². The maximum atomic E-state index is 13.9. The Kier molecular flexibility index (Phi) is 8.09. The molecule has 0 aliphatic heterocycles. The summed E-state index contributed by atoms with van der Waals surface area (Å²) in [6.45, 7) is 2.19. The number of hydrazone groups is 1. The largest absolute Gasteiger partial charge is 0.490 e. The number of hydrogen-bond donors (Lipinski definition) is 1. The Hall–Kier alpha value is -3.79. The van der Waals surface area contributed by atoms with Crippen LogP contribution in [0.4, 0.5) is 10.1 Å². The summed E-state index contributed by atoms with van der Waals surface area (Å²) in [5.41, 5.74) is 3.24. The number of benzene rings is 3. The highest BCUT2D eigenvalue weighted by atomic mass is 79.9. The lowest BCUT2D eigenvalue weighted by Crippen LogP contribution is -2.17. The molecule has 0 aromatic heterocycles. The Morgan fingerprint density at radius 3 is 2.70 bits per heavy atom. The molecule has 3 rings (SSSR count). The third-order valence-electron chi connectivity index (χ3n) is 4.36. The van der Waals surface area contributed by atoms with Gasteiger partial charge in [-0.25, -0.2) is 9.82 Å². The summed E-state index contributed by atoms with van der Waals surface area (Å²) in [7, 11) is 0. The predicted octanol–water partition coefficient (Wildman–Crippen LogP) is 5.24. The normalized spacial score (nSPS) is 10.8. The van der Waals surface area contributed by atoms with Gasteiger partial charge in [-0.1, -0.05) is 24.3 Å². The van der Waals surface area contributed by atoms with Gasteiger partial charge in [0.25, 0.3) is 11.6 Å². The minimum absolute atomic E-state index is 0.0120. The van der Waals surface area contributed by atoms with Crippen LogP contribution in [0.5, 0.6) is 11.5 Å². The van der Waals surface area contributed by atoms with Gasteiger partial charge in [0.1, 0.15) is 12.4 Å². The van der Waals surface area contributed by atoms with Crippen LogP contribution in [0.15, 0.2) is 70.2 Å². The fraction of sp³-hybridized carbons (Fsp3) is 0.130. The van der Waals surface area contributed by atoms with E-state index < -0.39 is 10.8 Å². The third kappa shape index (κ3) is 6.36. The molecule has 0 saturated heterocycles. The average molecular weight is 516 g/mol. The van der Waals surface area contributed by atoms with Crippen LogP contribution >= 0.6 is 15.9 Å². The highest BCUT2D eigenvalue weighted by Gasteiger charge is 2.14. The van der Waals surface area contributed by atoms with E-state index in [0.29, 0.717) is 33.7 Å². The first-order valence-corrected chi connectivity index (χ1v) is 10.6. The number of halogens is 2. The van der Waals surface area contributed by atoms with Crippen molar-refractivity contribution in [1.29, 1.82) is 0 Å². The molecule has 3 aromatic rings. The van der Waals surface area contributed by atoms with Crippen LogP contribution < -0.4 is 14.9 Å². The van der Waals surface area contributed by atoms with Crippen molar-refractivity contribution in [3.8, 4) is 11.5 Å². The van der Waals surface area contributed by atoms with Crippen LogP contribution in [0, 0.1) is 15.9 Å². The lowest BCUT2D eigenvalue weighted by molar-refractivity contribution is -0.384. The van der Waals surface area contributed by atoms with Gasteiger partial charge in [0, 0.05) is 23.3 Å². The molecule has 0 fully saturated rings. The first kappa shape index (κ1) is 23.9. The molecule has 10 heteroatoms. The minimum atomic E-state index is -0.594. The summed E-state index contributed by atoms with van der Waals surface area (Å²) in [4.78, 5) is 22.5. The van der Waals surface area contributed by atoms with Crippen LogP contribution in [0.2, 0.25) is 0 Å². The fourth-order valence-corrected chi connectivity index (χ4v) is 3.40. The molecular weight excluding hydrogens is 497 g/mol. The molecule has 1 amide bonds. The van der Waals surface area contributed by atoms with E-state index in [2.05, 4.69) is 26.5 Å². The number of hydrogen-bond acceptors (Lipinski definition) is 6. The Morgan fingerprint density at radius 2 is 1.97 bits per heavy atom. The van der Waals surface area contributed by atoms with Crippen molar-refractivity contribution in [2.45, 2.75) is 13.5 Å². The number of nitro benzene ring substituents is 1. The van der Waals surface area contributed by atoms with Gasteiger partial charge < -0.3 is 9.47 Å². The van der Waals surface area contributed by atoms with E-state index >= 15 is 0 Å². The van der Waals surface area contributed by atoms with E-state index in [1.54, 1.807) is 30.3 Å². The van der Waals surface area contributed by atoms with Crippen LogP contribution in [0.1, 0.15) is 28.4 Å². The van der Waals surface area contributed by atoms with Crippen molar-refractivity contribution in [3.63, 3.8) is 0 Å². The molecule has 0 unspecified atom stereocenters. The molecule has 0 atom stereocenters. The summed E-state index contributed by atoms with van der Waals surface area (Å²) in [6.07, 6.45) is 1.39. The summed E-state index contributed by atoms with van der Waals surface area (Å²) in [5, 5.41) is 14.8. The Morgan fingerprint density at radius 1 is 1.18 bits per heavy atom. The smallest absolute Gasteiger partial charge is 0.271 e. The van der Waals surface area contributed by atoms with E-state index in [1.807, 2.05) is 6.92 Å². The number of nitrogens with one attached hydrogen (secondary N) is 1. The molecule has 0 spiro atoms. The lowest BCUT2D eigenvalue weighted by Gasteiger charge is -2.15. The van der Waals surface area contributed by atoms with Crippen LogP contribution in [0.25, 0.3) is 0 Å². The predicted molar refractivity (Wildman–Crippen MR) is 124 cm³/mol. The number of amides is 1. The topological polar surface area (TPSA) is 103 Å². The molecule has 33 heavy (non-hydrogen) atoms. The van der Waals surface area contributed by atoms with E-state index in [0.717, 1.165) is 6.07 Å². The Labute approximate surface area is 197 Å². The molecule has 0 radical (unpaired) electrons. The standard InChI is InChI=1S/C23H19BrFN3O5/c1-2-32-21-11-15(10-19(24)22(21)33-14-17-6-3-4-9-20(17)25)13-26-27-23(29)16-7-5-8-18(12-16)28(30)31/h3-13H,2,14H2,1H3,(H,27,29)/b26-13-. The zero-order valence-corrected chi connectivity index (χ0v) is 19.0. The van der Waals surface area contributed by atoms with Crippen LogP contribution in [-0.2, 0) is 6.61 Å². The van der Waals surface area contributed by atoms with Gasteiger partial charge in [-0.2, -0.15) is 5.10 Å². The second-order valence-corrected chi connectivity index (χ2v) is 7.50. The van der Waals surface area contributed by atoms with Gasteiger partial charge in [-0.05, 0) is 52.7 Å². The van der Waals surface area contributed by atoms with E-state index in [1.165, 1.54) is 30.5 Å². The zero-order valence-electron chi connectivity index (χ0n) is 17.5. The van der Waals surface area contributed by atoms with Gasteiger partial charge in [0.05, 0.1) is 22.2 Å². The quantitative estimate of drug-likeness (QED) is 0.238. The van der Waals surface area contributed by atoms with Gasteiger partial charge in [0.15, 0.2) is 11.5 Å². The molecule has 0 bridgehead atoms. The first-order chi connectivity index (χ1) is 15.9. The molecule has 170 valence electrons. The second-order valence-electron chi connectivity index (χ2n) is 6.65. The highest BCUT2D eigenvalue weighted by Crippen LogP contribution is 2.37. The number of nitrogens with zero attached hydrogens (tertiary/aromatic N) is 2. The third-order valence-corrected chi connectivity index (χ3v) is 4.95. The van der Waals surface area contributed by atoms with Crippen molar-refractivity contribution in [2.24, 2.45) is 5.10 Å². The van der Waals surface area contributed by atoms with Crippen molar-refractivity contribution in [1.82, 2.24) is 5.43 Å². The maximum absolute atomic E-state index is 13.9. The summed E-state index contributed by atoms with van der Waals surface area (Å²) < 4.78 is 25.9. The van der Waals surface area contributed by atoms with Gasteiger partial charge in [-0.15, -0.1) is 0 Å². The first-order valence-electron chi connectivity index (χ1n) is 9.79. The Balaban J connectivity index is 1.73. The number of ether oxygens (including phenoxy) is 2.